The molecule has 1 heterocycles. The number of methoxy groups -OCH3 is 1. The molecule has 1 aliphatic heterocycles. The van der Waals surface area contributed by atoms with E-state index in [-0.39, 0.29) is 0 Å². The van der Waals surface area contributed by atoms with Crippen LogP contribution < -0.4 is 5.32 Å². The molecule has 0 aliphatic carbocycles. The first kappa shape index (κ1) is 13.9. The third-order valence-corrected chi connectivity index (χ3v) is 3.34. The average Bonchev–Trinajstić information content (AvgIpc) is 2.43. The van der Waals surface area contributed by atoms with Crippen molar-refractivity contribution in [2.45, 2.75) is 33.2 Å². The zero-order valence-electron chi connectivity index (χ0n) is 11.3. The van der Waals surface area contributed by atoms with Gasteiger partial charge in [0.15, 0.2) is 0 Å². The van der Waals surface area contributed by atoms with Gasteiger partial charge in [-0.15, -0.1) is 0 Å². The van der Waals surface area contributed by atoms with Gasteiger partial charge >= 0.3 is 0 Å². The molecule has 2 atom stereocenters. The minimum Gasteiger partial charge on any atom is -0.384 e. The lowest BCUT2D eigenvalue weighted by molar-refractivity contribution is 0.126. The van der Waals surface area contributed by atoms with Gasteiger partial charge in [0.05, 0.1) is 0 Å². The van der Waals surface area contributed by atoms with Crippen LogP contribution in [0.2, 0.25) is 0 Å². The lowest BCUT2D eigenvalue weighted by atomic mass is 10.0. The van der Waals surface area contributed by atoms with E-state index in [9.17, 15) is 0 Å². The summed E-state index contributed by atoms with van der Waals surface area (Å²) in [5.41, 5.74) is 0. The van der Waals surface area contributed by atoms with Gasteiger partial charge in [0.1, 0.15) is 0 Å². The summed E-state index contributed by atoms with van der Waals surface area (Å²) in [7, 11) is 1.79. The van der Waals surface area contributed by atoms with Crippen LogP contribution >= 0.6 is 0 Å². The first-order valence-electron chi connectivity index (χ1n) is 6.58. The third-order valence-electron chi connectivity index (χ3n) is 3.34. The second kappa shape index (κ2) is 7.25. The normalized spacial score (nSPS) is 25.7. The highest BCUT2D eigenvalue weighted by molar-refractivity contribution is 4.79. The number of nitrogens with zero attached hydrogens (tertiary/aromatic N) is 1. The monoisotopic (exact) mass is 228 g/mol. The van der Waals surface area contributed by atoms with E-state index in [2.05, 4.69) is 31.0 Å². The maximum Gasteiger partial charge on any atom is 0.0500 e. The Morgan fingerprint density at radius 2 is 2.12 bits per heavy atom. The van der Waals surface area contributed by atoms with Crippen molar-refractivity contribution in [2.75, 3.05) is 39.9 Å². The molecule has 1 N–H and O–H groups in total. The van der Waals surface area contributed by atoms with Crippen molar-refractivity contribution < 1.29 is 4.74 Å². The number of rotatable bonds is 5. The highest BCUT2D eigenvalue weighted by atomic mass is 16.5. The molecule has 0 aromatic heterocycles. The summed E-state index contributed by atoms with van der Waals surface area (Å²) >= 11 is 0. The van der Waals surface area contributed by atoms with E-state index in [1.165, 1.54) is 26.1 Å². The molecule has 0 aromatic carbocycles. The molecule has 3 heteroatoms. The van der Waals surface area contributed by atoms with Gasteiger partial charge in [-0.1, -0.05) is 20.8 Å². The summed E-state index contributed by atoms with van der Waals surface area (Å²) < 4.78 is 5.21. The van der Waals surface area contributed by atoms with E-state index >= 15 is 0 Å². The van der Waals surface area contributed by atoms with Gasteiger partial charge in [0.25, 0.3) is 0 Å². The van der Waals surface area contributed by atoms with E-state index in [1.54, 1.807) is 7.11 Å². The molecule has 1 aliphatic rings. The van der Waals surface area contributed by atoms with Crippen LogP contribution in [0.25, 0.3) is 0 Å². The Morgan fingerprint density at radius 1 is 1.38 bits per heavy atom. The number of hydrogen-bond donors (Lipinski definition) is 1. The van der Waals surface area contributed by atoms with Crippen molar-refractivity contribution in [3.05, 3.63) is 0 Å². The van der Waals surface area contributed by atoms with Crippen LogP contribution in [-0.4, -0.2) is 50.8 Å². The minimum absolute atomic E-state index is 0.635. The fourth-order valence-electron chi connectivity index (χ4n) is 2.41. The molecule has 16 heavy (non-hydrogen) atoms. The standard InChI is InChI=1S/C13H28N2O/c1-11(2)13-9-15(7-5-6-14-13)8-12(3)10-16-4/h11-14H,5-10H2,1-4H3. The van der Waals surface area contributed by atoms with Crippen LogP contribution in [0.3, 0.4) is 0 Å². The van der Waals surface area contributed by atoms with Gasteiger partial charge in [0.2, 0.25) is 0 Å². The van der Waals surface area contributed by atoms with Gasteiger partial charge in [-0.2, -0.15) is 0 Å². The van der Waals surface area contributed by atoms with Crippen LogP contribution in [0.5, 0.6) is 0 Å². The van der Waals surface area contributed by atoms with Crippen molar-refractivity contribution in [3.63, 3.8) is 0 Å². The predicted molar refractivity (Wildman–Crippen MR) is 68.7 cm³/mol. The fraction of sp³-hybridized carbons (Fsp3) is 1.00. The van der Waals surface area contributed by atoms with Gasteiger partial charge in [0, 0.05) is 32.8 Å². The lowest BCUT2D eigenvalue weighted by Gasteiger charge is -2.28. The van der Waals surface area contributed by atoms with Crippen molar-refractivity contribution in [1.29, 1.82) is 0 Å². The molecule has 0 saturated carbocycles. The van der Waals surface area contributed by atoms with Crippen LogP contribution in [0.4, 0.5) is 0 Å². The third kappa shape index (κ3) is 4.81. The smallest absolute Gasteiger partial charge is 0.0500 e. The zero-order valence-corrected chi connectivity index (χ0v) is 11.3. The second-order valence-electron chi connectivity index (χ2n) is 5.48. The Bertz CT molecular complexity index is 185. The van der Waals surface area contributed by atoms with E-state index < -0.39 is 0 Å². The van der Waals surface area contributed by atoms with E-state index in [1.807, 2.05) is 0 Å². The molecular weight excluding hydrogens is 200 g/mol. The average molecular weight is 228 g/mol. The number of nitrogens with one attached hydrogen (secondary N) is 1. The Morgan fingerprint density at radius 3 is 2.75 bits per heavy atom. The van der Waals surface area contributed by atoms with Crippen LogP contribution in [0.1, 0.15) is 27.2 Å². The summed E-state index contributed by atoms with van der Waals surface area (Å²) in [6, 6.07) is 0.650. The summed E-state index contributed by atoms with van der Waals surface area (Å²) in [5, 5.41) is 3.64. The lowest BCUT2D eigenvalue weighted by Crippen LogP contribution is -2.42. The molecule has 0 radical (unpaired) electrons. The van der Waals surface area contributed by atoms with Crippen LogP contribution in [0.15, 0.2) is 0 Å². The summed E-state index contributed by atoms with van der Waals surface area (Å²) in [5.74, 6) is 1.36. The van der Waals surface area contributed by atoms with Gasteiger partial charge < -0.3 is 15.0 Å². The van der Waals surface area contributed by atoms with Gasteiger partial charge in [-0.25, -0.2) is 0 Å². The van der Waals surface area contributed by atoms with Crippen molar-refractivity contribution in [1.82, 2.24) is 10.2 Å². The summed E-state index contributed by atoms with van der Waals surface area (Å²) in [6.07, 6.45) is 1.27. The number of hydrogen-bond acceptors (Lipinski definition) is 3. The first-order valence-corrected chi connectivity index (χ1v) is 6.58. The van der Waals surface area contributed by atoms with Crippen LogP contribution in [0, 0.1) is 11.8 Å². The maximum atomic E-state index is 5.21. The van der Waals surface area contributed by atoms with Crippen molar-refractivity contribution in [2.24, 2.45) is 11.8 Å². The SMILES string of the molecule is COCC(C)CN1CCCNC(C(C)C)C1. The Hall–Kier alpha value is -0.120. The number of ether oxygens (including phenoxy) is 1. The molecular formula is C13H28N2O. The summed E-state index contributed by atoms with van der Waals surface area (Å²) in [4.78, 5) is 2.59. The molecule has 0 spiro atoms. The highest BCUT2D eigenvalue weighted by Crippen LogP contribution is 2.10. The Labute approximate surface area is 101 Å². The van der Waals surface area contributed by atoms with E-state index in [0.29, 0.717) is 12.0 Å². The van der Waals surface area contributed by atoms with Gasteiger partial charge in [-0.3, -0.25) is 0 Å². The molecule has 2 unspecified atom stereocenters. The van der Waals surface area contributed by atoms with Crippen LogP contribution in [-0.2, 0) is 4.74 Å². The quantitative estimate of drug-likeness (QED) is 0.773. The topological polar surface area (TPSA) is 24.5 Å². The highest BCUT2D eigenvalue weighted by Gasteiger charge is 2.21. The molecule has 3 nitrogen and oxygen atoms in total. The fourth-order valence-corrected chi connectivity index (χ4v) is 2.41. The van der Waals surface area contributed by atoms with Crippen molar-refractivity contribution in [3.8, 4) is 0 Å². The molecule has 1 saturated heterocycles. The van der Waals surface area contributed by atoms with E-state index in [0.717, 1.165) is 19.1 Å². The van der Waals surface area contributed by atoms with Gasteiger partial charge in [-0.05, 0) is 31.3 Å². The largest absolute Gasteiger partial charge is 0.384 e. The second-order valence-corrected chi connectivity index (χ2v) is 5.48. The molecule has 1 rings (SSSR count). The molecule has 0 amide bonds. The zero-order chi connectivity index (χ0) is 12.0. The molecule has 96 valence electrons. The first-order chi connectivity index (χ1) is 7.63. The molecule has 0 aromatic rings. The Balaban J connectivity index is 2.39. The summed E-state index contributed by atoms with van der Waals surface area (Å²) in [6.45, 7) is 12.5. The predicted octanol–water partition coefficient (Wildman–Crippen LogP) is 1.59. The molecule has 0 bridgehead atoms. The van der Waals surface area contributed by atoms with Crippen molar-refractivity contribution >= 4 is 0 Å². The Kier molecular flexibility index (Phi) is 6.32. The van der Waals surface area contributed by atoms with E-state index in [4.69, 9.17) is 4.74 Å². The minimum atomic E-state index is 0.635. The molecule has 1 fully saturated rings. The maximum absolute atomic E-state index is 5.21.